The highest BCUT2D eigenvalue weighted by Crippen LogP contribution is 2.31. The lowest BCUT2D eigenvalue weighted by Crippen LogP contribution is -2.33. The van der Waals surface area contributed by atoms with Crippen LogP contribution in [0.2, 0.25) is 0 Å². The van der Waals surface area contributed by atoms with Gasteiger partial charge in [-0.1, -0.05) is 28.1 Å². The zero-order valence-corrected chi connectivity index (χ0v) is 11.1. The van der Waals surface area contributed by atoms with E-state index in [0.717, 1.165) is 29.5 Å². The molecule has 1 saturated heterocycles. The van der Waals surface area contributed by atoms with Crippen LogP contribution in [0.1, 0.15) is 18.9 Å². The average Bonchev–Trinajstić information content (AvgIpc) is 2.75. The first-order valence-electron chi connectivity index (χ1n) is 5.72. The van der Waals surface area contributed by atoms with Crippen molar-refractivity contribution in [2.24, 2.45) is 5.92 Å². The lowest BCUT2D eigenvalue weighted by atomic mass is 9.85. The molecule has 2 unspecified atom stereocenters. The van der Waals surface area contributed by atoms with Crippen LogP contribution in [0.3, 0.4) is 0 Å². The van der Waals surface area contributed by atoms with Crippen LogP contribution >= 0.6 is 15.9 Å². The van der Waals surface area contributed by atoms with Gasteiger partial charge in [0.05, 0.1) is 0 Å². The summed E-state index contributed by atoms with van der Waals surface area (Å²) in [4.78, 5) is 0. The molecule has 1 aliphatic rings. The fourth-order valence-corrected chi connectivity index (χ4v) is 2.58. The molecule has 2 atom stereocenters. The minimum Gasteiger partial charge on any atom is -0.316 e. The second kappa shape index (κ2) is 4.84. The van der Waals surface area contributed by atoms with Crippen molar-refractivity contribution >= 4 is 15.9 Å². The standard InChI is InChI=1S/C13H17BrFN/c1-13(15,11-6-7-16-9-11)8-10-2-4-12(14)5-3-10/h2-5,11,16H,6-9H2,1H3. The van der Waals surface area contributed by atoms with Crippen LogP contribution in [0, 0.1) is 5.92 Å². The van der Waals surface area contributed by atoms with Gasteiger partial charge in [-0.25, -0.2) is 4.39 Å². The number of hydrogen-bond acceptors (Lipinski definition) is 1. The molecule has 0 aromatic heterocycles. The first-order valence-corrected chi connectivity index (χ1v) is 6.51. The zero-order valence-electron chi connectivity index (χ0n) is 9.47. The molecule has 1 heterocycles. The minimum atomic E-state index is -1.10. The van der Waals surface area contributed by atoms with Gasteiger partial charge in [-0.3, -0.25) is 0 Å². The molecule has 16 heavy (non-hydrogen) atoms. The van der Waals surface area contributed by atoms with Crippen molar-refractivity contribution in [2.45, 2.75) is 25.4 Å². The molecule has 1 aromatic carbocycles. The Morgan fingerprint density at radius 2 is 2.12 bits per heavy atom. The highest BCUT2D eigenvalue weighted by atomic mass is 79.9. The minimum absolute atomic E-state index is 0.149. The molecule has 1 nitrogen and oxygen atoms in total. The van der Waals surface area contributed by atoms with Gasteiger partial charge in [0.2, 0.25) is 0 Å². The van der Waals surface area contributed by atoms with Crippen LogP contribution in [-0.4, -0.2) is 18.8 Å². The number of halogens is 2. The first-order chi connectivity index (χ1) is 7.58. The number of hydrogen-bond donors (Lipinski definition) is 1. The monoisotopic (exact) mass is 285 g/mol. The third kappa shape index (κ3) is 2.83. The third-order valence-electron chi connectivity index (χ3n) is 3.37. The molecule has 1 fully saturated rings. The van der Waals surface area contributed by atoms with Crippen LogP contribution < -0.4 is 5.32 Å². The quantitative estimate of drug-likeness (QED) is 0.898. The second-order valence-corrected chi connectivity index (χ2v) is 5.69. The molecule has 1 aliphatic heterocycles. The molecule has 0 aliphatic carbocycles. The summed E-state index contributed by atoms with van der Waals surface area (Å²) in [5.74, 6) is 0.149. The summed E-state index contributed by atoms with van der Waals surface area (Å²) >= 11 is 3.39. The Morgan fingerprint density at radius 3 is 2.69 bits per heavy atom. The van der Waals surface area contributed by atoms with Crippen molar-refractivity contribution in [1.29, 1.82) is 0 Å². The highest BCUT2D eigenvalue weighted by Gasteiger charge is 2.35. The predicted octanol–water partition coefficient (Wildman–Crippen LogP) is 3.33. The van der Waals surface area contributed by atoms with E-state index in [1.807, 2.05) is 24.3 Å². The molecule has 1 aromatic rings. The second-order valence-electron chi connectivity index (χ2n) is 4.77. The Balaban J connectivity index is 2.04. The van der Waals surface area contributed by atoms with Gasteiger partial charge >= 0.3 is 0 Å². The van der Waals surface area contributed by atoms with E-state index >= 15 is 0 Å². The van der Waals surface area contributed by atoms with Crippen LogP contribution in [-0.2, 0) is 6.42 Å². The molecule has 3 heteroatoms. The van der Waals surface area contributed by atoms with Gasteiger partial charge in [-0.2, -0.15) is 0 Å². The smallest absolute Gasteiger partial charge is 0.116 e. The van der Waals surface area contributed by atoms with Gasteiger partial charge in [-0.15, -0.1) is 0 Å². The van der Waals surface area contributed by atoms with Gasteiger partial charge in [0, 0.05) is 23.4 Å². The maximum absolute atomic E-state index is 14.5. The fraction of sp³-hybridized carbons (Fsp3) is 0.538. The molecule has 0 saturated carbocycles. The molecule has 0 radical (unpaired) electrons. The van der Waals surface area contributed by atoms with Crippen molar-refractivity contribution in [2.75, 3.05) is 13.1 Å². The number of alkyl halides is 1. The molecule has 0 bridgehead atoms. The van der Waals surface area contributed by atoms with Crippen molar-refractivity contribution in [1.82, 2.24) is 5.32 Å². The summed E-state index contributed by atoms with van der Waals surface area (Å²) in [6.07, 6.45) is 1.45. The first kappa shape index (κ1) is 12.1. The Morgan fingerprint density at radius 1 is 1.44 bits per heavy atom. The Bertz CT molecular complexity index is 341. The lowest BCUT2D eigenvalue weighted by molar-refractivity contribution is 0.113. The fourth-order valence-electron chi connectivity index (χ4n) is 2.31. The van der Waals surface area contributed by atoms with Gasteiger partial charge in [0.25, 0.3) is 0 Å². The van der Waals surface area contributed by atoms with Gasteiger partial charge in [-0.05, 0) is 37.6 Å². The van der Waals surface area contributed by atoms with Gasteiger partial charge in [0.15, 0.2) is 0 Å². The normalized spacial score (nSPS) is 24.3. The van der Waals surface area contributed by atoms with Crippen LogP contribution in [0.15, 0.2) is 28.7 Å². The summed E-state index contributed by atoms with van der Waals surface area (Å²) in [5.41, 5.74) is -0.0303. The maximum atomic E-state index is 14.5. The molecule has 0 spiro atoms. The van der Waals surface area contributed by atoms with Crippen molar-refractivity contribution in [3.05, 3.63) is 34.3 Å². The number of nitrogens with one attached hydrogen (secondary N) is 1. The van der Waals surface area contributed by atoms with Crippen molar-refractivity contribution < 1.29 is 4.39 Å². The van der Waals surface area contributed by atoms with E-state index in [9.17, 15) is 4.39 Å². The Hall–Kier alpha value is -0.410. The van der Waals surface area contributed by atoms with E-state index in [4.69, 9.17) is 0 Å². The van der Waals surface area contributed by atoms with Crippen molar-refractivity contribution in [3.63, 3.8) is 0 Å². The number of rotatable bonds is 3. The van der Waals surface area contributed by atoms with E-state index in [1.165, 1.54) is 0 Å². The summed E-state index contributed by atoms with van der Waals surface area (Å²) in [6, 6.07) is 7.92. The molecular weight excluding hydrogens is 269 g/mol. The van der Waals surface area contributed by atoms with Crippen LogP contribution in [0.5, 0.6) is 0 Å². The number of benzene rings is 1. The van der Waals surface area contributed by atoms with Gasteiger partial charge < -0.3 is 5.32 Å². The van der Waals surface area contributed by atoms with Gasteiger partial charge in [0.1, 0.15) is 5.67 Å². The SMILES string of the molecule is CC(F)(Cc1ccc(Br)cc1)C1CCNC1. The molecule has 2 rings (SSSR count). The maximum Gasteiger partial charge on any atom is 0.116 e. The lowest BCUT2D eigenvalue weighted by Gasteiger charge is -2.26. The van der Waals surface area contributed by atoms with Crippen LogP contribution in [0.4, 0.5) is 4.39 Å². The molecule has 88 valence electrons. The average molecular weight is 286 g/mol. The summed E-state index contributed by atoms with van der Waals surface area (Å²) in [6.45, 7) is 3.49. The Labute approximate surface area is 105 Å². The van der Waals surface area contributed by atoms with E-state index < -0.39 is 5.67 Å². The highest BCUT2D eigenvalue weighted by molar-refractivity contribution is 9.10. The topological polar surface area (TPSA) is 12.0 Å². The van der Waals surface area contributed by atoms with Crippen molar-refractivity contribution in [3.8, 4) is 0 Å². The largest absolute Gasteiger partial charge is 0.316 e. The summed E-state index contributed by atoms with van der Waals surface area (Å²) in [7, 11) is 0. The summed E-state index contributed by atoms with van der Waals surface area (Å²) in [5, 5.41) is 3.23. The summed E-state index contributed by atoms with van der Waals surface area (Å²) < 4.78 is 15.6. The Kier molecular flexibility index (Phi) is 3.65. The van der Waals surface area contributed by atoms with E-state index in [2.05, 4.69) is 21.2 Å². The predicted molar refractivity (Wildman–Crippen MR) is 68.3 cm³/mol. The zero-order chi connectivity index (χ0) is 11.6. The van der Waals surface area contributed by atoms with E-state index in [0.29, 0.717) is 6.42 Å². The van der Waals surface area contributed by atoms with E-state index in [1.54, 1.807) is 6.92 Å². The van der Waals surface area contributed by atoms with Crippen LogP contribution in [0.25, 0.3) is 0 Å². The third-order valence-corrected chi connectivity index (χ3v) is 3.90. The molecule has 0 amide bonds. The van der Waals surface area contributed by atoms with E-state index in [-0.39, 0.29) is 5.92 Å². The molecular formula is C13H17BrFN. The molecule has 1 N–H and O–H groups in total.